The molecule has 1 aliphatic rings. The minimum absolute atomic E-state index is 0.0793. The SMILES string of the molecule is COc1ccccc1C(=O)CCC(=O)Nc1nc(-c2ccccc2)c(CN2CCOCC2)s1. The molecule has 0 radical (unpaired) electrons. The monoisotopic (exact) mass is 465 g/mol. The van der Waals surface area contributed by atoms with Gasteiger partial charge in [-0.25, -0.2) is 4.98 Å². The van der Waals surface area contributed by atoms with Gasteiger partial charge in [-0.1, -0.05) is 53.8 Å². The van der Waals surface area contributed by atoms with E-state index in [9.17, 15) is 9.59 Å². The number of ether oxygens (including phenoxy) is 2. The molecule has 0 saturated carbocycles. The number of rotatable bonds is 9. The van der Waals surface area contributed by atoms with Crippen molar-refractivity contribution in [2.75, 3.05) is 38.7 Å². The van der Waals surface area contributed by atoms with Gasteiger partial charge < -0.3 is 14.8 Å². The summed E-state index contributed by atoms with van der Waals surface area (Å²) in [5.41, 5.74) is 2.39. The lowest BCUT2D eigenvalue weighted by Gasteiger charge is -2.26. The van der Waals surface area contributed by atoms with Crippen molar-refractivity contribution in [3.63, 3.8) is 0 Å². The summed E-state index contributed by atoms with van der Waals surface area (Å²) in [5, 5.41) is 3.43. The van der Waals surface area contributed by atoms with Crippen molar-refractivity contribution in [2.45, 2.75) is 19.4 Å². The van der Waals surface area contributed by atoms with Crippen LogP contribution < -0.4 is 10.1 Å². The molecule has 33 heavy (non-hydrogen) atoms. The third kappa shape index (κ3) is 6.04. The number of amides is 1. The molecule has 1 aliphatic heterocycles. The number of carbonyl (C=O) groups is 2. The number of hydrogen-bond acceptors (Lipinski definition) is 7. The molecule has 2 aromatic carbocycles. The minimum atomic E-state index is -0.232. The number of morpholine rings is 1. The normalized spacial score (nSPS) is 14.1. The summed E-state index contributed by atoms with van der Waals surface area (Å²) in [5.74, 6) is 0.160. The van der Waals surface area contributed by atoms with E-state index in [-0.39, 0.29) is 24.5 Å². The van der Waals surface area contributed by atoms with E-state index in [1.165, 1.54) is 18.4 Å². The molecule has 1 fully saturated rings. The Labute approximate surface area is 197 Å². The molecule has 7 nitrogen and oxygen atoms in total. The van der Waals surface area contributed by atoms with Crippen molar-refractivity contribution in [1.29, 1.82) is 0 Å². The molecular weight excluding hydrogens is 438 g/mol. The zero-order valence-electron chi connectivity index (χ0n) is 18.6. The number of Topliss-reactive ketones (excluding diaryl/α,β-unsaturated/α-hetero) is 1. The number of hydrogen-bond donors (Lipinski definition) is 1. The fourth-order valence-electron chi connectivity index (χ4n) is 3.71. The zero-order chi connectivity index (χ0) is 23.0. The molecule has 1 aromatic heterocycles. The molecule has 0 bridgehead atoms. The number of carbonyl (C=O) groups excluding carboxylic acids is 2. The van der Waals surface area contributed by atoms with Crippen LogP contribution in [-0.4, -0.2) is 55.0 Å². The van der Waals surface area contributed by atoms with E-state index in [2.05, 4.69) is 10.2 Å². The lowest BCUT2D eigenvalue weighted by Crippen LogP contribution is -2.35. The quantitative estimate of drug-likeness (QED) is 0.476. The first-order valence-corrected chi connectivity index (χ1v) is 11.8. The van der Waals surface area contributed by atoms with Crippen LogP contribution in [0.2, 0.25) is 0 Å². The first-order valence-electron chi connectivity index (χ1n) is 11.0. The maximum absolute atomic E-state index is 12.6. The first-order chi connectivity index (χ1) is 16.1. The molecule has 3 aromatic rings. The lowest BCUT2D eigenvalue weighted by molar-refractivity contribution is -0.116. The zero-order valence-corrected chi connectivity index (χ0v) is 19.4. The van der Waals surface area contributed by atoms with Crippen LogP contribution in [-0.2, 0) is 16.1 Å². The number of nitrogens with one attached hydrogen (secondary N) is 1. The molecule has 0 aliphatic carbocycles. The van der Waals surface area contributed by atoms with Gasteiger partial charge in [0.05, 0.1) is 31.6 Å². The molecule has 4 rings (SSSR count). The summed E-state index contributed by atoms with van der Waals surface area (Å²) >= 11 is 1.48. The molecule has 2 heterocycles. The molecule has 1 saturated heterocycles. The smallest absolute Gasteiger partial charge is 0.226 e. The minimum Gasteiger partial charge on any atom is -0.496 e. The van der Waals surface area contributed by atoms with Crippen molar-refractivity contribution in [3.8, 4) is 17.0 Å². The highest BCUT2D eigenvalue weighted by Crippen LogP contribution is 2.32. The van der Waals surface area contributed by atoms with Crippen LogP contribution in [0.5, 0.6) is 5.75 Å². The van der Waals surface area contributed by atoms with Crippen LogP contribution in [0.1, 0.15) is 28.1 Å². The Morgan fingerprint density at radius 2 is 1.79 bits per heavy atom. The van der Waals surface area contributed by atoms with Gasteiger partial charge in [0.1, 0.15) is 5.75 Å². The highest BCUT2D eigenvalue weighted by atomic mass is 32.1. The highest BCUT2D eigenvalue weighted by molar-refractivity contribution is 7.16. The fourth-order valence-corrected chi connectivity index (χ4v) is 4.76. The largest absolute Gasteiger partial charge is 0.496 e. The Kier molecular flexibility index (Phi) is 7.83. The van der Waals surface area contributed by atoms with Crippen LogP contribution in [0.4, 0.5) is 5.13 Å². The standard InChI is InChI=1S/C25H27N3O4S/c1-31-21-10-6-5-9-19(21)20(29)11-12-23(30)26-25-27-24(18-7-3-2-4-8-18)22(33-25)17-28-13-15-32-16-14-28/h2-10H,11-17H2,1H3,(H,26,27,30). The van der Waals surface area contributed by atoms with Crippen molar-refractivity contribution in [1.82, 2.24) is 9.88 Å². The average molecular weight is 466 g/mol. The summed E-state index contributed by atoms with van der Waals surface area (Å²) < 4.78 is 10.7. The molecule has 1 N–H and O–H groups in total. The van der Waals surface area contributed by atoms with Gasteiger partial charge in [0.15, 0.2) is 10.9 Å². The van der Waals surface area contributed by atoms with Gasteiger partial charge >= 0.3 is 0 Å². The van der Waals surface area contributed by atoms with Crippen LogP contribution >= 0.6 is 11.3 Å². The maximum Gasteiger partial charge on any atom is 0.226 e. The third-order valence-corrected chi connectivity index (χ3v) is 6.40. The van der Waals surface area contributed by atoms with E-state index in [4.69, 9.17) is 14.5 Å². The second-order valence-electron chi connectivity index (χ2n) is 7.72. The summed E-state index contributed by atoms with van der Waals surface area (Å²) in [7, 11) is 1.53. The number of ketones is 1. The molecule has 0 unspecified atom stereocenters. The van der Waals surface area contributed by atoms with Gasteiger partial charge in [0.2, 0.25) is 5.91 Å². The maximum atomic E-state index is 12.6. The summed E-state index contributed by atoms with van der Waals surface area (Å²) in [6.45, 7) is 3.96. The fraction of sp³-hybridized carbons (Fsp3) is 0.320. The van der Waals surface area contributed by atoms with E-state index in [1.807, 2.05) is 36.4 Å². The van der Waals surface area contributed by atoms with Crippen LogP contribution in [0, 0.1) is 0 Å². The summed E-state index contributed by atoms with van der Waals surface area (Å²) in [6, 6.07) is 17.0. The number of anilines is 1. The summed E-state index contributed by atoms with van der Waals surface area (Å²) in [4.78, 5) is 33.3. The van der Waals surface area contributed by atoms with Crippen molar-refractivity contribution < 1.29 is 19.1 Å². The number of nitrogens with zero attached hydrogens (tertiary/aromatic N) is 2. The Hall–Kier alpha value is -3.07. The van der Waals surface area contributed by atoms with Gasteiger partial charge in [-0.15, -0.1) is 0 Å². The van der Waals surface area contributed by atoms with Gasteiger partial charge in [-0.05, 0) is 12.1 Å². The van der Waals surface area contributed by atoms with Gasteiger partial charge in [0.25, 0.3) is 0 Å². The number of benzene rings is 2. The van der Waals surface area contributed by atoms with Gasteiger partial charge in [0, 0.05) is 42.9 Å². The number of para-hydroxylation sites is 1. The van der Waals surface area contributed by atoms with Crippen molar-refractivity contribution in [2.24, 2.45) is 0 Å². The molecule has 0 spiro atoms. The second kappa shape index (κ2) is 11.2. The Bertz CT molecular complexity index is 1090. The van der Waals surface area contributed by atoms with E-state index < -0.39 is 0 Å². The topological polar surface area (TPSA) is 80.8 Å². The predicted molar refractivity (Wildman–Crippen MR) is 129 cm³/mol. The Balaban J connectivity index is 1.43. The van der Waals surface area contributed by atoms with Crippen LogP contribution in [0.15, 0.2) is 54.6 Å². The summed E-state index contributed by atoms with van der Waals surface area (Å²) in [6.07, 6.45) is 0.180. The Morgan fingerprint density at radius 1 is 1.06 bits per heavy atom. The van der Waals surface area contributed by atoms with Crippen molar-refractivity contribution >= 4 is 28.2 Å². The van der Waals surface area contributed by atoms with E-state index in [1.54, 1.807) is 18.2 Å². The van der Waals surface area contributed by atoms with Crippen LogP contribution in [0.25, 0.3) is 11.3 Å². The number of methoxy groups -OCH3 is 1. The number of thiazole rings is 1. The van der Waals surface area contributed by atoms with Crippen molar-refractivity contribution in [3.05, 3.63) is 65.0 Å². The molecule has 1 amide bonds. The average Bonchev–Trinajstić information content (AvgIpc) is 3.25. The molecule has 0 atom stereocenters. The van der Waals surface area contributed by atoms with Gasteiger partial charge in [-0.3, -0.25) is 14.5 Å². The first kappa shape index (κ1) is 23.1. The van der Waals surface area contributed by atoms with E-state index in [0.717, 1.165) is 49.0 Å². The number of aromatic nitrogens is 1. The van der Waals surface area contributed by atoms with E-state index in [0.29, 0.717) is 16.4 Å². The van der Waals surface area contributed by atoms with Gasteiger partial charge in [-0.2, -0.15) is 0 Å². The molecule has 8 heteroatoms. The van der Waals surface area contributed by atoms with Crippen LogP contribution in [0.3, 0.4) is 0 Å². The second-order valence-corrected chi connectivity index (χ2v) is 8.80. The molecule has 172 valence electrons. The predicted octanol–water partition coefficient (Wildman–Crippen LogP) is 4.25. The highest BCUT2D eigenvalue weighted by Gasteiger charge is 2.20. The Morgan fingerprint density at radius 3 is 2.55 bits per heavy atom. The van der Waals surface area contributed by atoms with E-state index >= 15 is 0 Å². The lowest BCUT2D eigenvalue weighted by atomic mass is 10.1. The molecular formula is C25H27N3O4S. The third-order valence-electron chi connectivity index (χ3n) is 5.45.